The molecule has 0 aliphatic rings. The summed E-state index contributed by atoms with van der Waals surface area (Å²) in [4.78, 5) is 16.2. The maximum atomic E-state index is 5.90. The van der Waals surface area contributed by atoms with Gasteiger partial charge in [-0.25, -0.2) is 0 Å². The zero-order valence-electron chi connectivity index (χ0n) is 11.9. The van der Waals surface area contributed by atoms with Crippen LogP contribution in [0.3, 0.4) is 0 Å². The summed E-state index contributed by atoms with van der Waals surface area (Å²) in [5.41, 5.74) is 1.98. The van der Waals surface area contributed by atoms with Crippen LogP contribution in [0.2, 0.25) is 5.28 Å². The van der Waals surface area contributed by atoms with Gasteiger partial charge in [0.05, 0.1) is 0 Å². The highest BCUT2D eigenvalue weighted by Gasteiger charge is 2.07. The van der Waals surface area contributed by atoms with Crippen LogP contribution in [-0.2, 0) is 0 Å². The minimum Gasteiger partial charge on any atom is -0.378 e. The molecule has 2 aromatic rings. The smallest absolute Gasteiger partial charge is 0.233 e. The second kappa shape index (κ2) is 5.92. The van der Waals surface area contributed by atoms with Crippen molar-refractivity contribution in [3.05, 3.63) is 29.5 Å². The van der Waals surface area contributed by atoms with Gasteiger partial charge < -0.3 is 15.1 Å². The largest absolute Gasteiger partial charge is 0.378 e. The van der Waals surface area contributed by atoms with E-state index in [1.807, 2.05) is 57.4 Å². The molecule has 106 valence electrons. The van der Waals surface area contributed by atoms with Crippen LogP contribution in [0.15, 0.2) is 24.3 Å². The molecule has 0 radical (unpaired) electrons. The Hall–Kier alpha value is -2.08. The lowest BCUT2D eigenvalue weighted by Gasteiger charge is -2.15. The third-order valence-electron chi connectivity index (χ3n) is 2.62. The first-order valence-electron chi connectivity index (χ1n) is 6.09. The van der Waals surface area contributed by atoms with Crippen molar-refractivity contribution >= 4 is 34.9 Å². The molecule has 0 amide bonds. The number of rotatable bonds is 4. The molecule has 0 fully saturated rings. The van der Waals surface area contributed by atoms with Gasteiger partial charge in [-0.3, -0.25) is 0 Å². The summed E-state index contributed by atoms with van der Waals surface area (Å²) >= 11 is 5.90. The molecule has 6 nitrogen and oxygen atoms in total. The lowest BCUT2D eigenvalue weighted by atomic mass is 10.2. The standard InChI is InChI=1S/C13H17ClN6/c1-19(2)10-7-5-6-9(8-10)15-12-16-11(14)17-13(18-12)20(3)4/h5-8H,1-4H3,(H,15,16,17,18). The first-order valence-corrected chi connectivity index (χ1v) is 6.47. The Balaban J connectivity index is 2.27. The predicted octanol–water partition coefficient (Wildman–Crippen LogP) is 2.40. The van der Waals surface area contributed by atoms with Crippen LogP contribution in [0.1, 0.15) is 0 Å². The van der Waals surface area contributed by atoms with Crippen LogP contribution in [0.5, 0.6) is 0 Å². The molecule has 1 aromatic carbocycles. The highest BCUT2D eigenvalue weighted by molar-refractivity contribution is 6.28. The number of nitrogens with zero attached hydrogens (tertiary/aromatic N) is 5. The van der Waals surface area contributed by atoms with Crippen molar-refractivity contribution in [2.45, 2.75) is 0 Å². The van der Waals surface area contributed by atoms with E-state index in [1.165, 1.54) is 0 Å². The van der Waals surface area contributed by atoms with E-state index in [2.05, 4.69) is 20.3 Å². The summed E-state index contributed by atoms with van der Waals surface area (Å²) in [5.74, 6) is 0.931. The van der Waals surface area contributed by atoms with E-state index >= 15 is 0 Å². The number of aromatic nitrogens is 3. The zero-order chi connectivity index (χ0) is 14.7. The van der Waals surface area contributed by atoms with Crippen molar-refractivity contribution in [3.63, 3.8) is 0 Å². The predicted molar refractivity (Wildman–Crippen MR) is 83.2 cm³/mol. The van der Waals surface area contributed by atoms with Gasteiger partial charge in [0.15, 0.2) is 0 Å². The van der Waals surface area contributed by atoms with E-state index in [9.17, 15) is 0 Å². The Bertz CT molecular complexity index is 599. The fraction of sp³-hybridized carbons (Fsp3) is 0.308. The number of hydrogen-bond donors (Lipinski definition) is 1. The molecule has 1 aromatic heterocycles. The normalized spacial score (nSPS) is 10.2. The van der Waals surface area contributed by atoms with E-state index in [1.54, 1.807) is 4.90 Å². The van der Waals surface area contributed by atoms with Crippen molar-refractivity contribution in [2.24, 2.45) is 0 Å². The second-order valence-corrected chi connectivity index (χ2v) is 5.03. The average molecular weight is 293 g/mol. The summed E-state index contributed by atoms with van der Waals surface area (Å²) in [6.07, 6.45) is 0. The van der Waals surface area contributed by atoms with Crippen LogP contribution >= 0.6 is 11.6 Å². The van der Waals surface area contributed by atoms with Gasteiger partial charge in [-0.1, -0.05) is 6.07 Å². The van der Waals surface area contributed by atoms with E-state index in [0.29, 0.717) is 11.9 Å². The van der Waals surface area contributed by atoms with Gasteiger partial charge in [0, 0.05) is 39.6 Å². The van der Waals surface area contributed by atoms with Crippen LogP contribution in [0.25, 0.3) is 0 Å². The molecule has 2 rings (SSSR count). The highest BCUT2D eigenvalue weighted by Crippen LogP contribution is 2.21. The number of benzene rings is 1. The van der Waals surface area contributed by atoms with E-state index in [-0.39, 0.29) is 5.28 Å². The summed E-state index contributed by atoms with van der Waals surface area (Å²) in [6.45, 7) is 0. The molecule has 0 saturated heterocycles. The minimum atomic E-state index is 0.162. The first-order chi connectivity index (χ1) is 9.45. The third kappa shape index (κ3) is 3.48. The number of anilines is 4. The summed E-state index contributed by atoms with van der Waals surface area (Å²) in [5, 5.41) is 3.30. The Labute approximate surface area is 123 Å². The number of halogens is 1. The van der Waals surface area contributed by atoms with Gasteiger partial charge in [-0.15, -0.1) is 0 Å². The van der Waals surface area contributed by atoms with E-state index in [4.69, 9.17) is 11.6 Å². The SMILES string of the molecule is CN(C)c1cccc(Nc2nc(Cl)nc(N(C)C)n2)c1. The topological polar surface area (TPSA) is 57.2 Å². The van der Waals surface area contributed by atoms with Gasteiger partial charge in [-0.05, 0) is 29.8 Å². The molecule has 0 saturated carbocycles. The van der Waals surface area contributed by atoms with Gasteiger partial charge in [0.25, 0.3) is 0 Å². The number of nitrogens with one attached hydrogen (secondary N) is 1. The molecule has 20 heavy (non-hydrogen) atoms. The van der Waals surface area contributed by atoms with Crippen molar-refractivity contribution in [2.75, 3.05) is 43.3 Å². The molecule has 0 spiro atoms. The molecule has 1 heterocycles. The van der Waals surface area contributed by atoms with Crippen molar-refractivity contribution < 1.29 is 0 Å². The third-order valence-corrected chi connectivity index (χ3v) is 2.78. The second-order valence-electron chi connectivity index (χ2n) is 4.69. The molecular formula is C13H17ClN6. The summed E-state index contributed by atoms with van der Waals surface area (Å²) in [6, 6.07) is 7.94. The van der Waals surface area contributed by atoms with Crippen molar-refractivity contribution in [1.82, 2.24) is 15.0 Å². The quantitative estimate of drug-likeness (QED) is 0.934. The molecular weight excluding hydrogens is 276 g/mol. The average Bonchev–Trinajstić information content (AvgIpc) is 2.38. The Morgan fingerprint density at radius 2 is 1.75 bits per heavy atom. The molecule has 0 bridgehead atoms. The Morgan fingerprint density at radius 3 is 2.40 bits per heavy atom. The summed E-state index contributed by atoms with van der Waals surface area (Å²) in [7, 11) is 7.68. The van der Waals surface area contributed by atoms with E-state index in [0.717, 1.165) is 11.4 Å². The van der Waals surface area contributed by atoms with Crippen molar-refractivity contribution in [1.29, 1.82) is 0 Å². The van der Waals surface area contributed by atoms with Crippen LogP contribution < -0.4 is 15.1 Å². The fourth-order valence-corrected chi connectivity index (χ4v) is 1.74. The Kier molecular flexibility index (Phi) is 4.24. The van der Waals surface area contributed by atoms with E-state index < -0.39 is 0 Å². The monoisotopic (exact) mass is 292 g/mol. The molecule has 0 unspecified atom stereocenters. The highest BCUT2D eigenvalue weighted by atomic mass is 35.5. The van der Waals surface area contributed by atoms with Gasteiger partial charge in [-0.2, -0.15) is 15.0 Å². The zero-order valence-corrected chi connectivity index (χ0v) is 12.7. The molecule has 0 atom stereocenters. The Morgan fingerprint density at radius 1 is 1.00 bits per heavy atom. The molecule has 0 aliphatic heterocycles. The fourth-order valence-electron chi connectivity index (χ4n) is 1.59. The van der Waals surface area contributed by atoms with Crippen LogP contribution in [0.4, 0.5) is 23.3 Å². The maximum Gasteiger partial charge on any atom is 0.233 e. The van der Waals surface area contributed by atoms with Crippen molar-refractivity contribution in [3.8, 4) is 0 Å². The minimum absolute atomic E-state index is 0.162. The van der Waals surface area contributed by atoms with Gasteiger partial charge in [0.1, 0.15) is 0 Å². The maximum absolute atomic E-state index is 5.90. The molecule has 0 aliphatic carbocycles. The summed E-state index contributed by atoms with van der Waals surface area (Å²) < 4.78 is 0. The number of hydrogen-bond acceptors (Lipinski definition) is 6. The van der Waals surface area contributed by atoms with Crippen LogP contribution in [-0.4, -0.2) is 43.1 Å². The lowest BCUT2D eigenvalue weighted by Crippen LogP contribution is -2.14. The lowest BCUT2D eigenvalue weighted by molar-refractivity contribution is 0.961. The molecule has 1 N–H and O–H groups in total. The van der Waals surface area contributed by atoms with Gasteiger partial charge in [0.2, 0.25) is 17.2 Å². The van der Waals surface area contributed by atoms with Crippen LogP contribution in [0, 0.1) is 0 Å². The van der Waals surface area contributed by atoms with Gasteiger partial charge >= 0.3 is 0 Å². The molecule has 7 heteroatoms. The first kappa shape index (κ1) is 14.3.